The third-order valence-electron chi connectivity index (χ3n) is 3.01. The van der Waals surface area contributed by atoms with Crippen LogP contribution < -0.4 is 11.1 Å². The van der Waals surface area contributed by atoms with Gasteiger partial charge in [0.1, 0.15) is 6.04 Å². The summed E-state index contributed by atoms with van der Waals surface area (Å²) in [6, 6.07) is 5.37. The number of esters is 2. The molecule has 0 radical (unpaired) electrons. The molecule has 7 heteroatoms. The number of carbonyl (C=O) groups excluding carboxylic acids is 3. The van der Waals surface area contributed by atoms with Crippen LogP contribution in [0.15, 0.2) is 24.3 Å². The van der Waals surface area contributed by atoms with Gasteiger partial charge in [-0.2, -0.15) is 0 Å². The van der Waals surface area contributed by atoms with Gasteiger partial charge in [0.25, 0.3) is 5.91 Å². The molecule has 1 aromatic rings. The van der Waals surface area contributed by atoms with Crippen LogP contribution in [-0.4, -0.2) is 37.6 Å². The lowest BCUT2D eigenvalue weighted by atomic mass is 10.0. The molecule has 1 rings (SSSR count). The maximum Gasteiger partial charge on any atom is 0.338 e. The number of methoxy groups -OCH3 is 1. The summed E-state index contributed by atoms with van der Waals surface area (Å²) in [6.07, 6.45) is 0.435. The van der Waals surface area contributed by atoms with E-state index >= 15 is 0 Å². The molecule has 0 aliphatic heterocycles. The zero-order valence-electron chi connectivity index (χ0n) is 13.5. The van der Waals surface area contributed by atoms with E-state index < -0.39 is 30.5 Å². The van der Waals surface area contributed by atoms with Crippen molar-refractivity contribution in [3.05, 3.63) is 29.8 Å². The molecule has 7 nitrogen and oxygen atoms in total. The summed E-state index contributed by atoms with van der Waals surface area (Å²) in [6.45, 7) is 3.36. The summed E-state index contributed by atoms with van der Waals surface area (Å²) < 4.78 is 9.55. The molecule has 1 atom stereocenters. The average molecular weight is 322 g/mol. The van der Waals surface area contributed by atoms with Crippen molar-refractivity contribution in [3.63, 3.8) is 0 Å². The number of rotatable bonds is 7. The molecule has 1 aromatic carbocycles. The van der Waals surface area contributed by atoms with Gasteiger partial charge < -0.3 is 20.5 Å². The summed E-state index contributed by atoms with van der Waals surface area (Å²) in [4.78, 5) is 35.2. The first-order valence-electron chi connectivity index (χ1n) is 7.23. The highest BCUT2D eigenvalue weighted by atomic mass is 16.5. The maximum atomic E-state index is 11.8. The Morgan fingerprint density at radius 2 is 1.78 bits per heavy atom. The molecule has 0 saturated carbocycles. The quantitative estimate of drug-likeness (QED) is 0.575. The number of ether oxygens (including phenoxy) is 2. The SMILES string of the molecule is COC(=O)[C@@H](CC(C)C)NC(=O)COC(=O)c1ccc(N)cc1. The van der Waals surface area contributed by atoms with E-state index in [9.17, 15) is 14.4 Å². The minimum absolute atomic E-state index is 0.191. The minimum atomic E-state index is -0.761. The Bertz CT molecular complexity index is 554. The summed E-state index contributed by atoms with van der Waals surface area (Å²) in [5, 5.41) is 2.50. The van der Waals surface area contributed by atoms with Gasteiger partial charge >= 0.3 is 11.9 Å². The molecule has 1 amide bonds. The molecule has 0 aliphatic carbocycles. The number of amides is 1. The lowest BCUT2D eigenvalue weighted by molar-refractivity contribution is -0.145. The topological polar surface area (TPSA) is 108 Å². The summed E-state index contributed by atoms with van der Waals surface area (Å²) in [5.41, 5.74) is 6.34. The predicted molar refractivity (Wildman–Crippen MR) is 84.5 cm³/mol. The minimum Gasteiger partial charge on any atom is -0.467 e. The van der Waals surface area contributed by atoms with Crippen LogP contribution in [-0.2, 0) is 19.1 Å². The van der Waals surface area contributed by atoms with Gasteiger partial charge in [-0.05, 0) is 36.6 Å². The van der Waals surface area contributed by atoms with E-state index in [2.05, 4.69) is 10.1 Å². The standard InChI is InChI=1S/C16H22N2O5/c1-10(2)8-13(16(21)22-3)18-14(19)9-23-15(20)11-4-6-12(17)7-5-11/h4-7,10,13H,8-9,17H2,1-3H3,(H,18,19)/t13-/m1/s1. The largest absolute Gasteiger partial charge is 0.467 e. The van der Waals surface area contributed by atoms with Crippen LogP contribution in [0, 0.1) is 5.92 Å². The normalized spacial score (nSPS) is 11.7. The van der Waals surface area contributed by atoms with Crippen molar-refractivity contribution < 1.29 is 23.9 Å². The van der Waals surface area contributed by atoms with Gasteiger partial charge in [0, 0.05) is 5.69 Å². The van der Waals surface area contributed by atoms with Gasteiger partial charge in [-0.3, -0.25) is 4.79 Å². The molecule has 3 N–H and O–H groups in total. The van der Waals surface area contributed by atoms with E-state index in [-0.39, 0.29) is 5.92 Å². The molecule has 23 heavy (non-hydrogen) atoms. The molecule has 0 heterocycles. The van der Waals surface area contributed by atoms with Crippen LogP contribution in [0.25, 0.3) is 0 Å². The molecule has 0 spiro atoms. The molecule has 0 aromatic heterocycles. The fourth-order valence-corrected chi connectivity index (χ4v) is 1.90. The highest BCUT2D eigenvalue weighted by Crippen LogP contribution is 2.08. The van der Waals surface area contributed by atoms with Gasteiger partial charge in [-0.15, -0.1) is 0 Å². The summed E-state index contributed by atoms with van der Waals surface area (Å²) >= 11 is 0. The summed E-state index contributed by atoms with van der Waals surface area (Å²) in [7, 11) is 1.25. The van der Waals surface area contributed by atoms with Crippen molar-refractivity contribution in [2.24, 2.45) is 5.92 Å². The van der Waals surface area contributed by atoms with Crippen molar-refractivity contribution in [1.29, 1.82) is 0 Å². The smallest absolute Gasteiger partial charge is 0.338 e. The maximum absolute atomic E-state index is 11.8. The number of carbonyl (C=O) groups is 3. The molecule has 0 bridgehead atoms. The zero-order chi connectivity index (χ0) is 17.4. The molecule has 126 valence electrons. The number of hydrogen-bond donors (Lipinski definition) is 2. The Morgan fingerprint density at radius 1 is 1.17 bits per heavy atom. The van der Waals surface area contributed by atoms with Gasteiger partial charge in [-0.1, -0.05) is 13.8 Å². The number of hydrogen-bond acceptors (Lipinski definition) is 6. The van der Waals surface area contributed by atoms with Crippen LogP contribution >= 0.6 is 0 Å². The fraction of sp³-hybridized carbons (Fsp3) is 0.438. The van der Waals surface area contributed by atoms with Crippen LogP contribution in [0.3, 0.4) is 0 Å². The van der Waals surface area contributed by atoms with Crippen LogP contribution in [0.1, 0.15) is 30.6 Å². The third-order valence-corrected chi connectivity index (χ3v) is 3.01. The Morgan fingerprint density at radius 3 is 2.30 bits per heavy atom. The lowest BCUT2D eigenvalue weighted by Crippen LogP contribution is -2.44. The Hall–Kier alpha value is -2.57. The second-order valence-corrected chi connectivity index (χ2v) is 5.47. The van der Waals surface area contributed by atoms with E-state index in [1.54, 1.807) is 12.1 Å². The number of benzene rings is 1. The first-order chi connectivity index (χ1) is 10.8. The van der Waals surface area contributed by atoms with Crippen molar-refractivity contribution in [1.82, 2.24) is 5.32 Å². The molecular weight excluding hydrogens is 300 g/mol. The highest BCUT2D eigenvalue weighted by molar-refractivity contribution is 5.92. The van der Waals surface area contributed by atoms with Gasteiger partial charge in [0.05, 0.1) is 12.7 Å². The lowest BCUT2D eigenvalue weighted by Gasteiger charge is -2.18. The number of nitrogen functional groups attached to an aromatic ring is 1. The fourth-order valence-electron chi connectivity index (χ4n) is 1.90. The second kappa shape index (κ2) is 8.77. The van der Waals surface area contributed by atoms with Gasteiger partial charge in [0.15, 0.2) is 6.61 Å². The average Bonchev–Trinajstić information content (AvgIpc) is 2.51. The Labute approximate surface area is 135 Å². The second-order valence-electron chi connectivity index (χ2n) is 5.47. The number of nitrogens with one attached hydrogen (secondary N) is 1. The molecule has 0 saturated heterocycles. The van der Waals surface area contributed by atoms with Crippen molar-refractivity contribution in [2.75, 3.05) is 19.5 Å². The van der Waals surface area contributed by atoms with E-state index in [1.807, 2.05) is 13.8 Å². The van der Waals surface area contributed by atoms with E-state index in [1.165, 1.54) is 19.2 Å². The van der Waals surface area contributed by atoms with Crippen LogP contribution in [0.5, 0.6) is 0 Å². The van der Waals surface area contributed by atoms with Crippen molar-refractivity contribution >= 4 is 23.5 Å². The third kappa shape index (κ3) is 6.37. The molecule has 0 unspecified atom stereocenters. The van der Waals surface area contributed by atoms with Crippen LogP contribution in [0.2, 0.25) is 0 Å². The van der Waals surface area contributed by atoms with Crippen molar-refractivity contribution in [2.45, 2.75) is 26.3 Å². The summed E-state index contributed by atoms with van der Waals surface area (Å²) in [5.74, 6) is -1.54. The molecular formula is C16H22N2O5. The van der Waals surface area contributed by atoms with Crippen molar-refractivity contribution in [3.8, 4) is 0 Å². The predicted octanol–water partition coefficient (Wildman–Crippen LogP) is 1.13. The first kappa shape index (κ1) is 18.5. The Kier molecular flexibility index (Phi) is 7.05. The molecule has 0 fully saturated rings. The zero-order valence-corrected chi connectivity index (χ0v) is 13.5. The number of nitrogens with two attached hydrogens (primary N) is 1. The number of anilines is 1. The van der Waals surface area contributed by atoms with E-state index in [0.29, 0.717) is 17.7 Å². The van der Waals surface area contributed by atoms with Gasteiger partial charge in [0.2, 0.25) is 0 Å². The van der Waals surface area contributed by atoms with Gasteiger partial charge in [-0.25, -0.2) is 9.59 Å². The monoisotopic (exact) mass is 322 g/mol. The van der Waals surface area contributed by atoms with Crippen LogP contribution in [0.4, 0.5) is 5.69 Å². The van der Waals surface area contributed by atoms with E-state index in [0.717, 1.165) is 0 Å². The Balaban J connectivity index is 2.52. The first-order valence-corrected chi connectivity index (χ1v) is 7.23. The highest BCUT2D eigenvalue weighted by Gasteiger charge is 2.23. The van der Waals surface area contributed by atoms with E-state index in [4.69, 9.17) is 10.5 Å². The molecule has 0 aliphatic rings.